The summed E-state index contributed by atoms with van der Waals surface area (Å²) in [7, 11) is 0. The number of unbranched alkanes of at least 4 members (excludes halogenated alkanes) is 23. The van der Waals surface area contributed by atoms with Gasteiger partial charge in [0.25, 0.3) is 0 Å². The second kappa shape index (κ2) is 43.7. The van der Waals surface area contributed by atoms with Gasteiger partial charge in [0.1, 0.15) is 55.4 Å². The lowest BCUT2D eigenvalue weighted by atomic mass is 9.98. The van der Waals surface area contributed by atoms with Gasteiger partial charge in [-0.3, -0.25) is 4.79 Å². The SMILES string of the molecule is CCCCCCCCCCCCC/C=C/[C@@H](OC(=O)c1ccccc1)[C@H](CO[C@@H]1O[C@H](COC(=O)c2ccccc2)[C@H](OCC(=O)OC(C)(C)C)[C@H](OCC(=O)OC(C)(C)C)[C@H]1OC(=O)c1ccccc1)NC(=O)CCCCCCCCCCCCCCC. The number of carbonyl (C=O) groups is 6. The Morgan fingerprint density at radius 1 is 0.494 bits per heavy atom. The van der Waals surface area contributed by atoms with Crippen LogP contribution in [0.1, 0.15) is 253 Å². The first-order chi connectivity index (χ1) is 42.9. The van der Waals surface area contributed by atoms with Crippen LogP contribution in [0.4, 0.5) is 0 Å². The van der Waals surface area contributed by atoms with Crippen LogP contribution in [0.3, 0.4) is 0 Å². The summed E-state index contributed by atoms with van der Waals surface area (Å²) in [4.78, 5) is 83.4. The zero-order valence-corrected chi connectivity index (χ0v) is 55.2. The minimum absolute atomic E-state index is 0.149. The van der Waals surface area contributed by atoms with Crippen LogP contribution in [0.25, 0.3) is 0 Å². The Morgan fingerprint density at radius 3 is 1.37 bits per heavy atom. The number of amides is 1. The van der Waals surface area contributed by atoms with Crippen LogP contribution >= 0.6 is 0 Å². The molecule has 1 saturated heterocycles. The summed E-state index contributed by atoms with van der Waals surface area (Å²) in [6.07, 6.45) is 24.1. The summed E-state index contributed by atoms with van der Waals surface area (Å²) < 4.78 is 56.0. The molecule has 16 heteroatoms. The lowest BCUT2D eigenvalue weighted by molar-refractivity contribution is -0.313. The third-order valence-corrected chi connectivity index (χ3v) is 15.1. The van der Waals surface area contributed by atoms with Gasteiger partial charge >= 0.3 is 29.8 Å². The highest BCUT2D eigenvalue weighted by atomic mass is 16.7. The molecule has 1 amide bonds. The fourth-order valence-corrected chi connectivity index (χ4v) is 10.5. The molecule has 0 aromatic heterocycles. The van der Waals surface area contributed by atoms with Crippen molar-refractivity contribution in [3.8, 4) is 0 Å². The monoisotopic (exact) mass is 1240 g/mol. The maximum Gasteiger partial charge on any atom is 0.338 e. The number of esters is 5. The molecule has 0 unspecified atom stereocenters. The Kier molecular flexibility index (Phi) is 37.1. The Hall–Kier alpha value is -5.94. The quantitative estimate of drug-likeness (QED) is 0.0242. The van der Waals surface area contributed by atoms with E-state index in [1.54, 1.807) is 139 Å². The third kappa shape index (κ3) is 33.1. The van der Waals surface area contributed by atoms with Crippen LogP contribution in [0.2, 0.25) is 0 Å². The van der Waals surface area contributed by atoms with Crippen LogP contribution in [0.15, 0.2) is 103 Å². The van der Waals surface area contributed by atoms with Gasteiger partial charge in [-0.05, 0) is 103 Å². The average molecular weight is 1240 g/mol. The van der Waals surface area contributed by atoms with Crippen molar-refractivity contribution in [3.05, 3.63) is 120 Å². The summed E-state index contributed by atoms with van der Waals surface area (Å²) in [5.41, 5.74) is -1.14. The zero-order chi connectivity index (χ0) is 64.5. The van der Waals surface area contributed by atoms with Gasteiger partial charge in [-0.15, -0.1) is 0 Å². The second-order valence-electron chi connectivity index (χ2n) is 25.5. The van der Waals surface area contributed by atoms with Crippen molar-refractivity contribution < 1.29 is 71.4 Å². The van der Waals surface area contributed by atoms with Crippen LogP contribution < -0.4 is 5.32 Å². The maximum absolute atomic E-state index is 14.3. The van der Waals surface area contributed by atoms with Crippen molar-refractivity contribution in [2.45, 2.75) is 276 Å². The molecule has 1 N–H and O–H groups in total. The van der Waals surface area contributed by atoms with Crippen molar-refractivity contribution in [1.82, 2.24) is 5.32 Å². The number of ether oxygens (including phenoxy) is 9. The second-order valence-corrected chi connectivity index (χ2v) is 25.5. The van der Waals surface area contributed by atoms with E-state index in [1.165, 1.54) is 103 Å². The predicted molar refractivity (Wildman–Crippen MR) is 346 cm³/mol. The minimum atomic E-state index is -1.63. The Balaban J connectivity index is 1.72. The summed E-state index contributed by atoms with van der Waals surface area (Å²) in [6.45, 7) is 12.4. The Bertz CT molecular complexity index is 2460. The highest BCUT2D eigenvalue weighted by Crippen LogP contribution is 2.32. The maximum atomic E-state index is 14.3. The molecule has 0 saturated carbocycles. The van der Waals surface area contributed by atoms with Gasteiger partial charge < -0.3 is 47.9 Å². The molecule has 16 nitrogen and oxygen atoms in total. The largest absolute Gasteiger partial charge is 0.459 e. The van der Waals surface area contributed by atoms with E-state index in [1.807, 2.05) is 6.08 Å². The van der Waals surface area contributed by atoms with E-state index in [9.17, 15) is 28.8 Å². The summed E-state index contributed by atoms with van der Waals surface area (Å²) in [5, 5.41) is 3.14. The van der Waals surface area contributed by atoms with Crippen molar-refractivity contribution in [1.29, 1.82) is 0 Å². The highest BCUT2D eigenvalue weighted by Gasteiger charge is 2.52. The average Bonchev–Trinajstić information content (AvgIpc) is 0.929. The van der Waals surface area contributed by atoms with Crippen molar-refractivity contribution >= 4 is 35.8 Å². The van der Waals surface area contributed by atoms with Crippen molar-refractivity contribution in [3.63, 3.8) is 0 Å². The number of allylic oxidation sites excluding steroid dienone is 1. The standard InChI is InChI=1S/C73H109NO15/c1-9-11-13-15-17-19-21-23-25-27-29-31-42-50-60(85-69(79)57-46-38-34-39-47-57)59(74-62(75)51-43-32-30-28-26-24-22-20-18-16-14-12-10-2)52-84-71-67(87-70(80)58-48-40-35-41-49-58)66(82-55-64(77)89-73(6,7)8)65(81-54-63(76)88-72(3,4)5)61(86-71)53-83-68(78)56-44-36-33-37-45-56/h33-42,44-50,59-61,65-67,71H,9-32,43,51-55H2,1-8H3,(H,74,75)/b50-42+/t59-,60+,61+,65-,66-,67+,71+/m0/s1. The van der Waals surface area contributed by atoms with E-state index in [0.29, 0.717) is 18.4 Å². The molecule has 89 heavy (non-hydrogen) atoms. The van der Waals surface area contributed by atoms with Gasteiger partial charge in [0.15, 0.2) is 12.4 Å². The predicted octanol–water partition coefficient (Wildman–Crippen LogP) is 15.7. The molecule has 1 heterocycles. The number of nitrogens with one attached hydrogen (secondary N) is 1. The molecular formula is C73H109NO15. The first kappa shape index (κ1) is 75.5. The molecule has 1 aliphatic heterocycles. The Labute approximate surface area is 532 Å². The van der Waals surface area contributed by atoms with E-state index < -0.39 is 110 Å². The summed E-state index contributed by atoms with van der Waals surface area (Å²) in [5.74, 6) is -4.00. The summed E-state index contributed by atoms with van der Waals surface area (Å²) in [6, 6.07) is 24.0. The number of carbonyl (C=O) groups excluding carboxylic acids is 6. The van der Waals surface area contributed by atoms with Crippen LogP contribution in [-0.4, -0.2) is 116 Å². The van der Waals surface area contributed by atoms with Gasteiger partial charge in [0.05, 0.1) is 29.3 Å². The smallest absolute Gasteiger partial charge is 0.338 e. The molecule has 496 valence electrons. The van der Waals surface area contributed by atoms with Gasteiger partial charge in [0, 0.05) is 6.42 Å². The molecule has 3 aromatic rings. The molecular weight excluding hydrogens is 1130 g/mol. The highest BCUT2D eigenvalue weighted by molar-refractivity contribution is 5.90. The van der Waals surface area contributed by atoms with E-state index in [-0.39, 0.29) is 23.5 Å². The number of benzene rings is 3. The van der Waals surface area contributed by atoms with Crippen molar-refractivity contribution in [2.24, 2.45) is 0 Å². The van der Waals surface area contributed by atoms with Crippen LogP contribution in [0.5, 0.6) is 0 Å². The molecule has 0 aliphatic carbocycles. The van der Waals surface area contributed by atoms with Gasteiger partial charge in [-0.25, -0.2) is 24.0 Å². The van der Waals surface area contributed by atoms with Crippen molar-refractivity contribution in [2.75, 3.05) is 26.4 Å². The molecule has 0 radical (unpaired) electrons. The molecule has 0 bridgehead atoms. The lowest BCUT2D eigenvalue weighted by Gasteiger charge is -2.45. The summed E-state index contributed by atoms with van der Waals surface area (Å²) >= 11 is 0. The normalized spacial score (nSPS) is 17.6. The third-order valence-electron chi connectivity index (χ3n) is 15.1. The number of rotatable bonds is 45. The van der Waals surface area contributed by atoms with Crippen LogP contribution in [0, 0.1) is 0 Å². The molecule has 3 aromatic carbocycles. The van der Waals surface area contributed by atoms with Gasteiger partial charge in [-0.2, -0.15) is 0 Å². The van der Waals surface area contributed by atoms with E-state index in [2.05, 4.69) is 19.2 Å². The Morgan fingerprint density at radius 2 is 0.910 bits per heavy atom. The molecule has 0 spiro atoms. The minimum Gasteiger partial charge on any atom is -0.459 e. The van der Waals surface area contributed by atoms with E-state index in [0.717, 1.165) is 44.9 Å². The number of hydrogen-bond acceptors (Lipinski definition) is 15. The van der Waals surface area contributed by atoms with E-state index >= 15 is 0 Å². The first-order valence-electron chi connectivity index (χ1n) is 33.5. The molecule has 4 rings (SSSR count). The fraction of sp³-hybridized carbons (Fsp3) is 0.644. The zero-order valence-electron chi connectivity index (χ0n) is 55.2. The fourth-order valence-electron chi connectivity index (χ4n) is 10.5. The lowest BCUT2D eigenvalue weighted by Crippen LogP contribution is -2.63. The van der Waals surface area contributed by atoms with Gasteiger partial charge in [-0.1, -0.05) is 216 Å². The number of hydrogen-bond donors (Lipinski definition) is 1. The van der Waals surface area contributed by atoms with E-state index in [4.69, 9.17) is 42.6 Å². The molecule has 1 fully saturated rings. The molecule has 1 aliphatic rings. The first-order valence-corrected chi connectivity index (χ1v) is 33.5. The topological polar surface area (TPSA) is 198 Å². The van der Waals surface area contributed by atoms with Gasteiger partial charge in [0.2, 0.25) is 5.91 Å². The van der Waals surface area contributed by atoms with Crippen LogP contribution in [-0.2, 0) is 57.0 Å². The molecule has 7 atom stereocenters.